The van der Waals surface area contributed by atoms with Gasteiger partial charge in [0.05, 0.1) is 42.5 Å². The Hall–Kier alpha value is -4.54. The number of ether oxygens (including phenoxy) is 1. The maximum atomic E-state index is 13.2. The van der Waals surface area contributed by atoms with Crippen molar-refractivity contribution in [1.82, 2.24) is 39.8 Å². The first-order chi connectivity index (χ1) is 19.8. The molecule has 0 bridgehead atoms. The summed E-state index contributed by atoms with van der Waals surface area (Å²) in [6.45, 7) is 4.39. The number of fused-ring (bicyclic) bond motifs is 2. The molecule has 0 saturated carbocycles. The van der Waals surface area contributed by atoms with Crippen molar-refractivity contribution in [2.75, 3.05) is 39.4 Å². The number of nitrogens with one attached hydrogen (secondary N) is 2. The highest BCUT2D eigenvalue weighted by atomic mass is 35.5. The standard InChI is InChI=1S/C27H26ClN9O4/c1-15(27(40)36-12-16(9-29)13-36)32-26(39)19-10-30-25-24(19)33-20(11-31-25)23-18-3-2-17(28)8-21(18)37(34-23)14-22(38)35-4-6-41-7-5-35/h2-3,8,10-11,15-16H,4-7,12-14H2,1H3,(H,30,31)(H,32,39)/t15-/m1/s1. The number of aromatic nitrogens is 5. The molecule has 0 aliphatic carbocycles. The zero-order valence-electron chi connectivity index (χ0n) is 22.1. The van der Waals surface area contributed by atoms with Crippen molar-refractivity contribution in [2.24, 2.45) is 5.92 Å². The summed E-state index contributed by atoms with van der Waals surface area (Å²) < 4.78 is 6.95. The maximum Gasteiger partial charge on any atom is 0.255 e. The summed E-state index contributed by atoms with van der Waals surface area (Å²) in [6.07, 6.45) is 3.04. The molecule has 0 unspecified atom stereocenters. The van der Waals surface area contributed by atoms with Gasteiger partial charge in [0.2, 0.25) is 11.8 Å². The van der Waals surface area contributed by atoms with E-state index in [0.29, 0.717) is 72.5 Å². The molecular formula is C27H26ClN9O4. The highest BCUT2D eigenvalue weighted by molar-refractivity contribution is 6.31. The molecule has 1 atom stereocenters. The van der Waals surface area contributed by atoms with Gasteiger partial charge in [-0.05, 0) is 25.1 Å². The van der Waals surface area contributed by atoms with Gasteiger partial charge in [-0.2, -0.15) is 10.4 Å². The van der Waals surface area contributed by atoms with Crippen LogP contribution in [0.1, 0.15) is 17.3 Å². The van der Waals surface area contributed by atoms with Crippen LogP contribution in [0.2, 0.25) is 5.02 Å². The quantitative estimate of drug-likeness (QED) is 0.350. The third kappa shape index (κ3) is 5.07. The van der Waals surface area contributed by atoms with Crippen LogP contribution in [-0.2, 0) is 20.9 Å². The summed E-state index contributed by atoms with van der Waals surface area (Å²) in [4.78, 5) is 54.2. The van der Waals surface area contributed by atoms with E-state index >= 15 is 0 Å². The van der Waals surface area contributed by atoms with E-state index < -0.39 is 11.9 Å². The molecule has 2 fully saturated rings. The average Bonchev–Trinajstić information content (AvgIpc) is 3.53. The first-order valence-electron chi connectivity index (χ1n) is 13.2. The fourth-order valence-corrected chi connectivity index (χ4v) is 5.19. The fourth-order valence-electron chi connectivity index (χ4n) is 5.03. The second kappa shape index (κ2) is 10.8. The van der Waals surface area contributed by atoms with Crippen molar-refractivity contribution < 1.29 is 19.1 Å². The minimum atomic E-state index is -0.781. The number of aromatic amines is 1. The summed E-state index contributed by atoms with van der Waals surface area (Å²) in [6, 6.07) is 6.64. The second-order valence-electron chi connectivity index (χ2n) is 10.1. The van der Waals surface area contributed by atoms with Gasteiger partial charge in [-0.15, -0.1) is 0 Å². The zero-order chi connectivity index (χ0) is 28.7. The van der Waals surface area contributed by atoms with Crippen molar-refractivity contribution >= 4 is 51.4 Å². The Kier molecular flexibility index (Phi) is 7.02. The van der Waals surface area contributed by atoms with Gasteiger partial charge in [-0.1, -0.05) is 11.6 Å². The highest BCUT2D eigenvalue weighted by Gasteiger charge is 2.33. The van der Waals surface area contributed by atoms with E-state index in [2.05, 4.69) is 21.4 Å². The number of likely N-dealkylation sites (tertiary alicyclic amines) is 1. The van der Waals surface area contributed by atoms with Crippen LogP contribution in [0.15, 0.2) is 30.6 Å². The first-order valence-corrected chi connectivity index (χ1v) is 13.6. The summed E-state index contributed by atoms with van der Waals surface area (Å²) >= 11 is 6.29. The Morgan fingerprint density at radius 1 is 1.24 bits per heavy atom. The predicted octanol–water partition coefficient (Wildman–Crippen LogP) is 1.59. The number of amides is 3. The third-order valence-electron chi connectivity index (χ3n) is 7.32. The smallest absolute Gasteiger partial charge is 0.255 e. The SMILES string of the molecule is C[C@@H](NC(=O)c1c[nH]c2ncc(-c3nn(CC(=O)N4CCOCC4)c4cc(Cl)ccc34)nc12)C(=O)N1CC(C#N)C1. The largest absolute Gasteiger partial charge is 0.378 e. The molecule has 6 rings (SSSR count). The van der Waals surface area contributed by atoms with Crippen molar-refractivity contribution in [3.05, 3.63) is 41.2 Å². The maximum absolute atomic E-state index is 13.2. The number of hydrogen-bond acceptors (Lipinski definition) is 8. The fraction of sp³-hybridized carbons (Fsp3) is 0.370. The second-order valence-corrected chi connectivity index (χ2v) is 10.5. The summed E-state index contributed by atoms with van der Waals surface area (Å²) in [5.74, 6) is -0.990. The molecule has 41 heavy (non-hydrogen) atoms. The van der Waals surface area contributed by atoms with E-state index in [1.54, 1.807) is 39.7 Å². The van der Waals surface area contributed by atoms with E-state index in [1.807, 2.05) is 6.07 Å². The molecule has 2 aliphatic rings. The molecule has 14 heteroatoms. The number of morpholine rings is 1. The molecule has 0 spiro atoms. The van der Waals surface area contributed by atoms with Crippen LogP contribution < -0.4 is 5.32 Å². The average molecular weight is 576 g/mol. The number of carbonyl (C=O) groups excluding carboxylic acids is 3. The van der Waals surface area contributed by atoms with Crippen molar-refractivity contribution in [2.45, 2.75) is 19.5 Å². The molecule has 2 aliphatic heterocycles. The molecule has 210 valence electrons. The van der Waals surface area contributed by atoms with Crippen LogP contribution in [0.5, 0.6) is 0 Å². The Morgan fingerprint density at radius 2 is 2.02 bits per heavy atom. The number of rotatable bonds is 6. The van der Waals surface area contributed by atoms with Crippen molar-refractivity contribution in [1.29, 1.82) is 5.26 Å². The van der Waals surface area contributed by atoms with Gasteiger partial charge in [0.15, 0.2) is 5.65 Å². The van der Waals surface area contributed by atoms with E-state index in [9.17, 15) is 14.4 Å². The van der Waals surface area contributed by atoms with Gasteiger partial charge in [-0.3, -0.25) is 19.1 Å². The van der Waals surface area contributed by atoms with Crippen molar-refractivity contribution in [3.63, 3.8) is 0 Å². The lowest BCUT2D eigenvalue weighted by Gasteiger charge is -2.37. The summed E-state index contributed by atoms with van der Waals surface area (Å²) in [5.41, 5.74) is 2.49. The molecule has 2 N–H and O–H groups in total. The van der Waals surface area contributed by atoms with Crippen molar-refractivity contribution in [3.8, 4) is 17.5 Å². The van der Waals surface area contributed by atoms with E-state index in [0.717, 1.165) is 5.39 Å². The minimum absolute atomic E-state index is 0.0162. The zero-order valence-corrected chi connectivity index (χ0v) is 22.9. The lowest BCUT2D eigenvalue weighted by atomic mass is 10.0. The first kappa shape index (κ1) is 26.7. The molecule has 4 aromatic rings. The molecular weight excluding hydrogens is 550 g/mol. The van der Waals surface area contributed by atoms with Gasteiger partial charge < -0.3 is 24.8 Å². The molecule has 5 heterocycles. The van der Waals surface area contributed by atoms with Crippen LogP contribution in [0.3, 0.4) is 0 Å². The monoisotopic (exact) mass is 575 g/mol. The molecule has 1 aromatic carbocycles. The Morgan fingerprint density at radius 3 is 2.78 bits per heavy atom. The Bertz CT molecular complexity index is 1710. The van der Waals surface area contributed by atoms with Crippen LogP contribution in [0.4, 0.5) is 0 Å². The van der Waals surface area contributed by atoms with E-state index in [1.165, 1.54) is 6.20 Å². The van der Waals surface area contributed by atoms with Gasteiger partial charge >= 0.3 is 0 Å². The van der Waals surface area contributed by atoms with Gasteiger partial charge in [0.25, 0.3) is 5.91 Å². The van der Waals surface area contributed by atoms with Crippen LogP contribution in [-0.4, -0.2) is 97.7 Å². The normalized spacial score (nSPS) is 16.4. The molecule has 3 amide bonds. The summed E-state index contributed by atoms with van der Waals surface area (Å²) in [5, 5.41) is 17.6. The number of halogens is 1. The Labute approximate surface area is 239 Å². The lowest BCUT2D eigenvalue weighted by Crippen LogP contribution is -2.55. The van der Waals surface area contributed by atoms with E-state index in [-0.39, 0.29) is 29.8 Å². The predicted molar refractivity (Wildman–Crippen MR) is 148 cm³/mol. The van der Waals surface area contributed by atoms with Crippen LogP contribution in [0.25, 0.3) is 33.5 Å². The lowest BCUT2D eigenvalue weighted by molar-refractivity contribution is -0.138. The molecule has 0 radical (unpaired) electrons. The number of benzene rings is 1. The van der Waals surface area contributed by atoms with Gasteiger partial charge in [-0.25, -0.2) is 9.97 Å². The number of nitrogens with zero attached hydrogens (tertiary/aromatic N) is 7. The Balaban J connectivity index is 1.28. The topological polar surface area (TPSA) is 162 Å². The highest BCUT2D eigenvalue weighted by Crippen LogP contribution is 2.30. The van der Waals surface area contributed by atoms with Gasteiger partial charge in [0.1, 0.15) is 29.5 Å². The van der Waals surface area contributed by atoms with Gasteiger partial charge in [0, 0.05) is 42.8 Å². The van der Waals surface area contributed by atoms with E-state index in [4.69, 9.17) is 31.7 Å². The number of hydrogen-bond donors (Lipinski definition) is 2. The minimum Gasteiger partial charge on any atom is -0.378 e. The third-order valence-corrected chi connectivity index (χ3v) is 7.56. The number of carbonyl (C=O) groups is 3. The number of nitriles is 1. The number of H-pyrrole nitrogens is 1. The summed E-state index contributed by atoms with van der Waals surface area (Å²) in [7, 11) is 0. The van der Waals surface area contributed by atoms with Crippen LogP contribution >= 0.6 is 11.6 Å². The molecule has 2 saturated heterocycles. The molecule has 3 aromatic heterocycles. The molecule has 13 nitrogen and oxygen atoms in total. The van der Waals surface area contributed by atoms with Crippen LogP contribution in [0, 0.1) is 17.2 Å².